The third-order valence-electron chi connectivity index (χ3n) is 3.77. The van der Waals surface area contributed by atoms with E-state index >= 15 is 0 Å². The van der Waals surface area contributed by atoms with Gasteiger partial charge in [-0.3, -0.25) is 9.59 Å². The molecule has 5 heteroatoms. The molecule has 2 heterocycles. The van der Waals surface area contributed by atoms with Crippen LogP contribution in [0, 0.1) is 0 Å². The summed E-state index contributed by atoms with van der Waals surface area (Å²) in [5.41, 5.74) is 2.97. The molecule has 18 heavy (non-hydrogen) atoms. The second kappa shape index (κ2) is 3.81. The molecule has 2 aliphatic heterocycles. The Morgan fingerprint density at radius 3 is 2.78 bits per heavy atom. The maximum atomic E-state index is 11.5. The molecule has 94 valence electrons. The number of hydrogen-bond donors (Lipinski definition) is 1. The molecule has 2 N–H and O–H groups in total. The van der Waals surface area contributed by atoms with Gasteiger partial charge in [-0.15, -0.1) is 0 Å². The van der Waals surface area contributed by atoms with Crippen LogP contribution in [-0.4, -0.2) is 29.8 Å². The maximum Gasteiger partial charge on any atom is 0.245 e. The number of likely N-dealkylation sites (tertiary alicyclic amines) is 1. The van der Waals surface area contributed by atoms with Gasteiger partial charge in [0.25, 0.3) is 0 Å². The summed E-state index contributed by atoms with van der Waals surface area (Å²) < 4.78 is 0. The van der Waals surface area contributed by atoms with Crippen LogP contribution >= 0.6 is 0 Å². The van der Waals surface area contributed by atoms with Crippen LogP contribution in [0.5, 0.6) is 0 Å². The van der Waals surface area contributed by atoms with E-state index in [1.807, 2.05) is 23.1 Å². The lowest BCUT2D eigenvalue weighted by atomic mass is 9.90. The van der Waals surface area contributed by atoms with Gasteiger partial charge in [0, 0.05) is 25.9 Å². The van der Waals surface area contributed by atoms with E-state index in [0.29, 0.717) is 12.3 Å². The molecular formula is C13H15N3O2. The number of hydrogen-bond acceptors (Lipinski definition) is 3. The minimum Gasteiger partial charge on any atom is -0.342 e. The predicted molar refractivity (Wildman–Crippen MR) is 66.8 cm³/mol. The van der Waals surface area contributed by atoms with Gasteiger partial charge in [-0.1, -0.05) is 12.1 Å². The summed E-state index contributed by atoms with van der Waals surface area (Å²) in [6.07, 6.45) is 0.378. The van der Waals surface area contributed by atoms with Gasteiger partial charge in [-0.2, -0.15) is 0 Å². The van der Waals surface area contributed by atoms with Crippen LogP contribution in [0.3, 0.4) is 0 Å². The largest absolute Gasteiger partial charge is 0.342 e. The number of nitrogens with zero attached hydrogens (tertiary/aromatic N) is 2. The van der Waals surface area contributed by atoms with Crippen molar-refractivity contribution in [3.8, 4) is 0 Å². The van der Waals surface area contributed by atoms with Crippen LogP contribution in [0.4, 0.5) is 5.69 Å². The van der Waals surface area contributed by atoms with Crippen LogP contribution in [-0.2, 0) is 16.0 Å². The highest BCUT2D eigenvalue weighted by Crippen LogP contribution is 2.33. The fourth-order valence-electron chi connectivity index (χ4n) is 2.56. The van der Waals surface area contributed by atoms with E-state index in [-0.39, 0.29) is 11.8 Å². The van der Waals surface area contributed by atoms with Crippen molar-refractivity contribution in [1.29, 1.82) is 0 Å². The zero-order valence-corrected chi connectivity index (χ0v) is 10.2. The van der Waals surface area contributed by atoms with Crippen LogP contribution in [0.2, 0.25) is 0 Å². The van der Waals surface area contributed by atoms with Gasteiger partial charge in [0.15, 0.2) is 0 Å². The number of anilines is 1. The SMILES string of the molecule is CC(=O)N1CC(c2ccc3c(c2)CC(=O)N3N)C1. The maximum absolute atomic E-state index is 11.5. The summed E-state index contributed by atoms with van der Waals surface area (Å²) in [7, 11) is 0. The minimum absolute atomic E-state index is 0.0684. The molecule has 5 nitrogen and oxygen atoms in total. The van der Waals surface area contributed by atoms with Crippen LogP contribution in [0.15, 0.2) is 18.2 Å². The average molecular weight is 245 g/mol. The molecule has 1 aromatic rings. The van der Waals surface area contributed by atoms with E-state index in [1.165, 1.54) is 10.6 Å². The number of rotatable bonds is 1. The Balaban J connectivity index is 1.79. The molecule has 2 amide bonds. The molecule has 0 radical (unpaired) electrons. The van der Waals surface area contributed by atoms with Crippen molar-refractivity contribution in [2.24, 2.45) is 5.84 Å². The van der Waals surface area contributed by atoms with Crippen LogP contribution in [0.1, 0.15) is 24.0 Å². The average Bonchev–Trinajstić information content (AvgIpc) is 2.52. The van der Waals surface area contributed by atoms with E-state index in [0.717, 1.165) is 24.3 Å². The number of nitrogens with two attached hydrogens (primary N) is 1. The molecular weight excluding hydrogens is 230 g/mol. The third-order valence-corrected chi connectivity index (χ3v) is 3.77. The first kappa shape index (κ1) is 11.2. The van der Waals surface area contributed by atoms with Gasteiger partial charge < -0.3 is 4.90 Å². The number of benzene rings is 1. The summed E-state index contributed by atoms with van der Waals surface area (Å²) in [5.74, 6) is 6.10. The lowest BCUT2D eigenvalue weighted by molar-refractivity contribution is -0.133. The van der Waals surface area contributed by atoms with Crippen LogP contribution in [0.25, 0.3) is 0 Å². The molecule has 0 saturated carbocycles. The predicted octanol–water partition coefficient (Wildman–Crippen LogP) is 0.395. The van der Waals surface area contributed by atoms with Crippen molar-refractivity contribution in [2.75, 3.05) is 18.1 Å². The Bertz CT molecular complexity index is 535. The molecule has 0 aromatic heterocycles. The normalized spacial score (nSPS) is 18.9. The fraction of sp³-hybridized carbons (Fsp3) is 0.385. The van der Waals surface area contributed by atoms with Crippen molar-refractivity contribution in [3.63, 3.8) is 0 Å². The topological polar surface area (TPSA) is 66.6 Å². The number of carbonyl (C=O) groups is 2. The molecule has 0 aliphatic carbocycles. The number of carbonyl (C=O) groups excluding carboxylic acids is 2. The first-order valence-electron chi connectivity index (χ1n) is 6.02. The highest BCUT2D eigenvalue weighted by atomic mass is 16.2. The zero-order valence-electron chi connectivity index (χ0n) is 10.2. The van der Waals surface area contributed by atoms with Gasteiger partial charge in [0.2, 0.25) is 11.8 Å². The Morgan fingerprint density at radius 2 is 2.11 bits per heavy atom. The molecule has 1 aromatic carbocycles. The lowest BCUT2D eigenvalue weighted by Crippen LogP contribution is -2.47. The Hall–Kier alpha value is -1.88. The van der Waals surface area contributed by atoms with Crippen molar-refractivity contribution in [1.82, 2.24) is 4.90 Å². The molecule has 3 rings (SSSR count). The Kier molecular flexibility index (Phi) is 2.38. The molecule has 0 bridgehead atoms. The highest BCUT2D eigenvalue weighted by Gasteiger charge is 2.31. The second-order valence-corrected chi connectivity index (χ2v) is 4.95. The van der Waals surface area contributed by atoms with Crippen LogP contribution < -0.4 is 10.9 Å². The van der Waals surface area contributed by atoms with E-state index in [9.17, 15) is 9.59 Å². The smallest absolute Gasteiger partial charge is 0.245 e. The van der Waals surface area contributed by atoms with Gasteiger partial charge in [-0.05, 0) is 17.2 Å². The third kappa shape index (κ3) is 1.59. The Morgan fingerprint density at radius 1 is 1.39 bits per heavy atom. The van der Waals surface area contributed by atoms with Crippen molar-refractivity contribution in [2.45, 2.75) is 19.3 Å². The Labute approximate surface area is 105 Å². The molecule has 1 fully saturated rings. The monoisotopic (exact) mass is 245 g/mol. The van der Waals surface area contributed by atoms with E-state index in [1.54, 1.807) is 6.92 Å². The van der Waals surface area contributed by atoms with E-state index in [2.05, 4.69) is 0 Å². The zero-order chi connectivity index (χ0) is 12.9. The molecule has 1 saturated heterocycles. The standard InChI is InChI=1S/C13H15N3O2/c1-8(17)15-6-11(7-15)9-2-3-12-10(4-9)5-13(18)16(12)14/h2-4,11H,5-7,14H2,1H3. The highest BCUT2D eigenvalue weighted by molar-refractivity contribution is 6.00. The van der Waals surface area contributed by atoms with Crippen molar-refractivity contribution >= 4 is 17.5 Å². The van der Waals surface area contributed by atoms with Gasteiger partial charge in [0.05, 0.1) is 12.1 Å². The molecule has 2 aliphatic rings. The second-order valence-electron chi connectivity index (χ2n) is 4.95. The van der Waals surface area contributed by atoms with Gasteiger partial charge in [0.1, 0.15) is 0 Å². The number of hydrazine groups is 1. The molecule has 0 atom stereocenters. The van der Waals surface area contributed by atoms with Gasteiger partial charge >= 0.3 is 0 Å². The molecule has 0 spiro atoms. The van der Waals surface area contributed by atoms with Crippen molar-refractivity contribution in [3.05, 3.63) is 29.3 Å². The summed E-state index contributed by atoms with van der Waals surface area (Å²) in [5, 5.41) is 1.21. The first-order valence-corrected chi connectivity index (χ1v) is 6.02. The summed E-state index contributed by atoms with van der Waals surface area (Å²) in [4.78, 5) is 24.4. The quantitative estimate of drug-likeness (QED) is 0.575. The number of fused-ring (bicyclic) bond motifs is 1. The van der Waals surface area contributed by atoms with Crippen molar-refractivity contribution < 1.29 is 9.59 Å². The minimum atomic E-state index is -0.0684. The summed E-state index contributed by atoms with van der Waals surface area (Å²) >= 11 is 0. The lowest BCUT2D eigenvalue weighted by Gasteiger charge is -2.39. The number of amides is 2. The van der Waals surface area contributed by atoms with Gasteiger partial charge in [-0.25, -0.2) is 10.9 Å². The van der Waals surface area contributed by atoms with E-state index in [4.69, 9.17) is 5.84 Å². The van der Waals surface area contributed by atoms with E-state index < -0.39 is 0 Å². The fourth-order valence-corrected chi connectivity index (χ4v) is 2.56. The summed E-state index contributed by atoms with van der Waals surface area (Å²) in [6.45, 7) is 3.13. The molecule has 0 unspecified atom stereocenters. The first-order chi connectivity index (χ1) is 8.56. The summed E-state index contributed by atoms with van der Waals surface area (Å²) in [6, 6.07) is 5.94.